The molecule has 38 heavy (non-hydrogen) atoms. The molecule has 0 aromatic heterocycles. The van der Waals surface area contributed by atoms with Crippen molar-refractivity contribution in [1.82, 2.24) is 9.80 Å². The highest BCUT2D eigenvalue weighted by molar-refractivity contribution is 5.96. The van der Waals surface area contributed by atoms with Crippen LogP contribution in [0.3, 0.4) is 0 Å². The number of para-hydroxylation sites is 1. The highest BCUT2D eigenvalue weighted by atomic mass is 19.1. The van der Waals surface area contributed by atoms with E-state index in [0.717, 1.165) is 18.2 Å². The van der Waals surface area contributed by atoms with Gasteiger partial charge in [0.25, 0.3) is 0 Å². The van der Waals surface area contributed by atoms with Crippen LogP contribution in [0.25, 0.3) is 5.57 Å². The molecule has 2 unspecified atom stereocenters. The summed E-state index contributed by atoms with van der Waals surface area (Å²) < 4.78 is 44.5. The molecule has 3 atom stereocenters. The Bertz CT molecular complexity index is 1320. The summed E-state index contributed by atoms with van der Waals surface area (Å²) >= 11 is 0. The molecule has 2 amide bonds. The van der Waals surface area contributed by atoms with E-state index in [9.17, 15) is 18.7 Å². The second kappa shape index (κ2) is 10.6. The van der Waals surface area contributed by atoms with Gasteiger partial charge in [0, 0.05) is 30.9 Å². The number of amides is 2. The van der Waals surface area contributed by atoms with Crippen molar-refractivity contribution in [3.05, 3.63) is 108 Å². The number of benzene rings is 3. The van der Waals surface area contributed by atoms with E-state index < -0.39 is 42.0 Å². The lowest BCUT2D eigenvalue weighted by Gasteiger charge is -2.44. The second-order valence-corrected chi connectivity index (χ2v) is 9.95. The molecule has 0 aliphatic carbocycles. The summed E-state index contributed by atoms with van der Waals surface area (Å²) in [4.78, 5) is 19.3. The Kier molecular flexibility index (Phi) is 7.27. The molecule has 2 aliphatic heterocycles. The molecular weight excluding hydrogens is 491 g/mol. The van der Waals surface area contributed by atoms with Gasteiger partial charge in [0.1, 0.15) is 23.3 Å². The summed E-state index contributed by atoms with van der Waals surface area (Å²) in [6.07, 6.45) is 0.750. The molecule has 1 N–H and O–H groups in total. The Morgan fingerprint density at radius 2 is 1.74 bits per heavy atom. The third kappa shape index (κ3) is 4.70. The maximum Gasteiger partial charge on any atom is 0.326 e. The molecule has 0 radical (unpaired) electrons. The maximum absolute atomic E-state index is 15.5. The van der Waals surface area contributed by atoms with Crippen molar-refractivity contribution in [2.45, 2.75) is 24.2 Å². The molecule has 198 valence electrons. The lowest BCUT2D eigenvalue weighted by Crippen LogP contribution is -2.60. The van der Waals surface area contributed by atoms with Crippen LogP contribution in [-0.4, -0.2) is 66.4 Å². The third-order valence-corrected chi connectivity index (χ3v) is 7.53. The standard InChI is InChI=1S/C30H30F3N3O2/c1-34-15-14-28(27(33)19-34)36(24-10-6-3-7-11-24)29(38)35-18-21(25-16-23(31)12-13-26(25)32)17-30(35,20-37)22-8-4-2-5-9-22/h2-13,16-17,27-28,37H,14-15,18-20H2,1H3/t27?,28?,30-/m1/s1. The minimum absolute atomic E-state index is 0.0166. The van der Waals surface area contributed by atoms with E-state index in [-0.39, 0.29) is 18.7 Å². The molecule has 1 fully saturated rings. The predicted molar refractivity (Wildman–Crippen MR) is 141 cm³/mol. The van der Waals surface area contributed by atoms with Gasteiger partial charge in [-0.1, -0.05) is 48.5 Å². The van der Waals surface area contributed by atoms with Crippen LogP contribution in [0.15, 0.2) is 84.9 Å². The first kappa shape index (κ1) is 26.0. The minimum Gasteiger partial charge on any atom is -0.393 e. The number of carbonyl (C=O) groups is 1. The normalized spacial score (nSPS) is 23.8. The average Bonchev–Trinajstić information content (AvgIpc) is 3.33. The largest absolute Gasteiger partial charge is 0.393 e. The number of piperidine rings is 1. The fraction of sp³-hybridized carbons (Fsp3) is 0.300. The number of halogens is 3. The van der Waals surface area contributed by atoms with Gasteiger partial charge in [-0.15, -0.1) is 0 Å². The van der Waals surface area contributed by atoms with Gasteiger partial charge in [-0.3, -0.25) is 4.90 Å². The molecule has 0 spiro atoms. The molecule has 3 aromatic carbocycles. The number of alkyl halides is 1. The van der Waals surface area contributed by atoms with Crippen molar-refractivity contribution in [3.63, 3.8) is 0 Å². The molecule has 2 heterocycles. The smallest absolute Gasteiger partial charge is 0.326 e. The van der Waals surface area contributed by atoms with E-state index in [2.05, 4.69) is 0 Å². The van der Waals surface area contributed by atoms with Crippen LogP contribution < -0.4 is 4.90 Å². The number of likely N-dealkylation sites (tertiary alicyclic amines) is 1. The average molecular weight is 522 g/mol. The van der Waals surface area contributed by atoms with E-state index in [4.69, 9.17) is 0 Å². The van der Waals surface area contributed by atoms with Crippen molar-refractivity contribution < 1.29 is 23.1 Å². The summed E-state index contributed by atoms with van der Waals surface area (Å²) in [6, 6.07) is 19.7. The second-order valence-electron chi connectivity index (χ2n) is 9.95. The summed E-state index contributed by atoms with van der Waals surface area (Å²) in [5.74, 6) is -1.25. The van der Waals surface area contributed by atoms with Crippen molar-refractivity contribution >= 4 is 17.3 Å². The highest BCUT2D eigenvalue weighted by Gasteiger charge is 2.48. The fourth-order valence-electron chi connectivity index (χ4n) is 5.55. The van der Waals surface area contributed by atoms with E-state index in [0.29, 0.717) is 29.8 Å². The SMILES string of the molecule is CN1CCC(N(C(=O)N2CC(c3cc(F)ccc3F)=C[C@@]2(CO)c2ccccc2)c2ccccc2)C(F)C1. The maximum atomic E-state index is 15.5. The number of urea groups is 1. The fourth-order valence-corrected chi connectivity index (χ4v) is 5.55. The summed E-state index contributed by atoms with van der Waals surface area (Å²) in [7, 11) is 1.84. The Labute approximate surface area is 220 Å². The van der Waals surface area contributed by atoms with Crippen molar-refractivity contribution in [1.29, 1.82) is 0 Å². The van der Waals surface area contributed by atoms with E-state index >= 15 is 4.39 Å². The van der Waals surface area contributed by atoms with Crippen molar-refractivity contribution in [2.24, 2.45) is 0 Å². The van der Waals surface area contributed by atoms with Crippen LogP contribution in [0.5, 0.6) is 0 Å². The van der Waals surface area contributed by atoms with Crippen LogP contribution in [0.4, 0.5) is 23.7 Å². The monoisotopic (exact) mass is 521 g/mol. The first-order valence-electron chi connectivity index (χ1n) is 12.7. The van der Waals surface area contributed by atoms with Crippen molar-refractivity contribution in [2.75, 3.05) is 38.2 Å². The van der Waals surface area contributed by atoms with E-state index in [1.54, 1.807) is 54.6 Å². The number of rotatable bonds is 5. The molecule has 5 nitrogen and oxygen atoms in total. The molecule has 0 bridgehead atoms. The van der Waals surface area contributed by atoms with Gasteiger partial charge in [0.15, 0.2) is 0 Å². The van der Waals surface area contributed by atoms with Crippen LogP contribution in [-0.2, 0) is 5.54 Å². The Hall–Kier alpha value is -3.62. The number of aliphatic hydroxyl groups is 1. The lowest BCUT2D eigenvalue weighted by atomic mass is 9.89. The molecule has 8 heteroatoms. The van der Waals surface area contributed by atoms with Gasteiger partial charge < -0.3 is 14.9 Å². The molecule has 1 saturated heterocycles. The topological polar surface area (TPSA) is 47.0 Å². The first-order valence-corrected chi connectivity index (χ1v) is 12.7. The number of aliphatic hydroxyl groups excluding tert-OH is 1. The summed E-state index contributed by atoms with van der Waals surface area (Å²) in [5, 5.41) is 10.8. The van der Waals surface area contributed by atoms with Gasteiger partial charge in [-0.25, -0.2) is 18.0 Å². The van der Waals surface area contributed by atoms with Gasteiger partial charge in [-0.2, -0.15) is 0 Å². The number of nitrogens with zero attached hydrogens (tertiary/aromatic N) is 3. The quantitative estimate of drug-likeness (QED) is 0.501. The highest BCUT2D eigenvalue weighted by Crippen LogP contribution is 2.42. The first-order chi connectivity index (χ1) is 18.3. The Balaban J connectivity index is 1.63. The van der Waals surface area contributed by atoms with Crippen LogP contribution in [0, 0.1) is 11.6 Å². The number of carbonyl (C=O) groups excluding carboxylic acids is 1. The molecule has 0 saturated carbocycles. The van der Waals surface area contributed by atoms with Gasteiger partial charge in [-0.05, 0) is 61.0 Å². The Morgan fingerprint density at radius 3 is 2.39 bits per heavy atom. The van der Waals surface area contributed by atoms with Crippen LogP contribution in [0.1, 0.15) is 17.5 Å². The molecule has 2 aliphatic rings. The summed E-state index contributed by atoms with van der Waals surface area (Å²) in [6.45, 7) is 0.201. The van der Waals surface area contributed by atoms with Gasteiger partial charge in [0.2, 0.25) is 0 Å². The Morgan fingerprint density at radius 1 is 1.05 bits per heavy atom. The molecule has 5 rings (SSSR count). The van der Waals surface area contributed by atoms with Crippen LogP contribution in [0.2, 0.25) is 0 Å². The predicted octanol–water partition coefficient (Wildman–Crippen LogP) is 5.22. The third-order valence-electron chi connectivity index (χ3n) is 7.53. The zero-order chi connectivity index (χ0) is 26.9. The number of hydrogen-bond acceptors (Lipinski definition) is 3. The summed E-state index contributed by atoms with van der Waals surface area (Å²) in [5.41, 5.74) is 0.150. The van der Waals surface area contributed by atoms with Crippen LogP contribution >= 0.6 is 0 Å². The zero-order valence-corrected chi connectivity index (χ0v) is 21.1. The number of anilines is 1. The van der Waals surface area contributed by atoms with Gasteiger partial charge in [0.05, 0.1) is 12.6 Å². The molecular formula is C30H30F3N3O2. The minimum atomic E-state index is -1.36. The molecule has 3 aromatic rings. The zero-order valence-electron chi connectivity index (χ0n) is 21.1. The van der Waals surface area contributed by atoms with E-state index in [1.807, 2.05) is 24.1 Å². The van der Waals surface area contributed by atoms with Crippen molar-refractivity contribution in [3.8, 4) is 0 Å². The number of hydrogen-bond donors (Lipinski definition) is 1. The van der Waals surface area contributed by atoms with Gasteiger partial charge >= 0.3 is 6.03 Å². The lowest BCUT2D eigenvalue weighted by molar-refractivity contribution is 0.0974. The van der Waals surface area contributed by atoms with E-state index in [1.165, 1.54) is 9.80 Å².